The summed E-state index contributed by atoms with van der Waals surface area (Å²) in [5, 5.41) is 0. The predicted octanol–water partition coefficient (Wildman–Crippen LogP) is 5.36. The predicted molar refractivity (Wildman–Crippen MR) is 100 cm³/mol. The molecule has 0 saturated carbocycles. The summed E-state index contributed by atoms with van der Waals surface area (Å²) in [5.41, 5.74) is 2.54. The van der Waals surface area contributed by atoms with Crippen LogP contribution in [0.1, 0.15) is 67.4 Å². The van der Waals surface area contributed by atoms with Crippen LogP contribution in [-0.4, -0.2) is 11.8 Å². The second-order valence-electron chi connectivity index (χ2n) is 6.31. The van der Waals surface area contributed by atoms with Gasteiger partial charge in [-0.05, 0) is 42.7 Å². The minimum atomic E-state index is -0.371. The Morgan fingerprint density at radius 3 is 1.92 bits per heavy atom. The maximum Gasteiger partial charge on any atom is 0.308 e. The molecule has 2 aromatic carbocycles. The molecule has 0 bridgehead atoms. The quantitative estimate of drug-likeness (QED) is 0.268. The zero-order valence-corrected chi connectivity index (χ0v) is 15.1. The molecule has 0 unspecified atom stereocenters. The summed E-state index contributed by atoms with van der Waals surface area (Å²) >= 11 is 0. The van der Waals surface area contributed by atoms with Crippen LogP contribution < -0.4 is 4.74 Å². The number of ether oxygens (including phenoxy) is 1. The van der Waals surface area contributed by atoms with Crippen molar-refractivity contribution in [1.29, 1.82) is 0 Å². The van der Waals surface area contributed by atoms with E-state index in [1.807, 2.05) is 24.3 Å². The van der Waals surface area contributed by atoms with E-state index in [1.165, 1.54) is 44.6 Å². The van der Waals surface area contributed by atoms with E-state index in [-0.39, 0.29) is 11.8 Å². The fourth-order valence-corrected chi connectivity index (χ4v) is 2.76. The van der Waals surface area contributed by atoms with Gasteiger partial charge < -0.3 is 4.74 Å². The second kappa shape index (κ2) is 9.77. The molecule has 3 heteroatoms. The Labute approximate surface area is 150 Å². The fourth-order valence-electron chi connectivity index (χ4n) is 2.76. The van der Waals surface area contributed by atoms with Crippen molar-refractivity contribution >= 4 is 11.8 Å². The van der Waals surface area contributed by atoms with Crippen molar-refractivity contribution in [1.82, 2.24) is 0 Å². The van der Waals surface area contributed by atoms with Crippen LogP contribution in [-0.2, 0) is 11.2 Å². The van der Waals surface area contributed by atoms with Gasteiger partial charge >= 0.3 is 5.97 Å². The molecule has 0 atom stereocenters. The molecule has 0 radical (unpaired) electrons. The highest BCUT2D eigenvalue weighted by molar-refractivity contribution is 6.09. The van der Waals surface area contributed by atoms with Gasteiger partial charge in [-0.25, -0.2) is 0 Å². The Kier molecular flexibility index (Phi) is 7.39. The van der Waals surface area contributed by atoms with Crippen LogP contribution in [0.3, 0.4) is 0 Å². The lowest BCUT2D eigenvalue weighted by atomic mass is 10.00. The van der Waals surface area contributed by atoms with Crippen molar-refractivity contribution in [3.63, 3.8) is 0 Å². The number of hydrogen-bond acceptors (Lipinski definition) is 3. The molecule has 2 aromatic rings. The Hall–Kier alpha value is -2.42. The highest BCUT2D eigenvalue weighted by Gasteiger charge is 2.09. The van der Waals surface area contributed by atoms with Gasteiger partial charge in [0.1, 0.15) is 5.75 Å². The smallest absolute Gasteiger partial charge is 0.308 e. The van der Waals surface area contributed by atoms with Crippen LogP contribution in [0, 0.1) is 0 Å². The van der Waals surface area contributed by atoms with E-state index in [2.05, 4.69) is 6.92 Å². The molecule has 0 aliphatic rings. The maximum absolute atomic E-state index is 12.5. The molecule has 0 amide bonds. The molecular formula is C22H26O3. The van der Waals surface area contributed by atoms with E-state index >= 15 is 0 Å². The number of rotatable bonds is 9. The molecule has 0 aliphatic carbocycles. The maximum atomic E-state index is 12.5. The summed E-state index contributed by atoms with van der Waals surface area (Å²) in [7, 11) is 0. The minimum Gasteiger partial charge on any atom is -0.427 e. The first kappa shape index (κ1) is 18.9. The Balaban J connectivity index is 1.92. The molecule has 3 nitrogen and oxygen atoms in total. The van der Waals surface area contributed by atoms with E-state index in [0.29, 0.717) is 16.9 Å². The van der Waals surface area contributed by atoms with Gasteiger partial charge in [0, 0.05) is 18.1 Å². The SMILES string of the molecule is CCCCCCCc1ccc(C(=O)c2ccc(OC(C)=O)cc2)cc1. The third-order valence-corrected chi connectivity index (χ3v) is 4.16. The van der Waals surface area contributed by atoms with Gasteiger partial charge in [-0.3, -0.25) is 9.59 Å². The lowest BCUT2D eigenvalue weighted by Gasteiger charge is -2.06. The van der Waals surface area contributed by atoms with Crippen molar-refractivity contribution in [2.24, 2.45) is 0 Å². The van der Waals surface area contributed by atoms with Crippen molar-refractivity contribution in [2.45, 2.75) is 52.4 Å². The highest BCUT2D eigenvalue weighted by Crippen LogP contribution is 2.17. The highest BCUT2D eigenvalue weighted by atomic mass is 16.5. The van der Waals surface area contributed by atoms with E-state index < -0.39 is 0 Å². The number of esters is 1. The van der Waals surface area contributed by atoms with Crippen molar-refractivity contribution in [3.05, 3.63) is 65.2 Å². The second-order valence-corrected chi connectivity index (χ2v) is 6.31. The summed E-state index contributed by atoms with van der Waals surface area (Å²) < 4.78 is 4.98. The minimum absolute atomic E-state index is 0.0242. The molecule has 2 rings (SSSR count). The average Bonchev–Trinajstić information content (AvgIpc) is 2.62. The number of aryl methyl sites for hydroxylation is 1. The molecular weight excluding hydrogens is 312 g/mol. The zero-order valence-electron chi connectivity index (χ0n) is 15.1. The molecule has 0 aromatic heterocycles. The molecule has 132 valence electrons. The van der Waals surface area contributed by atoms with Crippen LogP contribution in [0.4, 0.5) is 0 Å². The van der Waals surface area contributed by atoms with Gasteiger partial charge in [-0.15, -0.1) is 0 Å². The first-order chi connectivity index (χ1) is 12.1. The van der Waals surface area contributed by atoms with Crippen molar-refractivity contribution in [2.75, 3.05) is 0 Å². The molecule has 0 saturated heterocycles. The van der Waals surface area contributed by atoms with Gasteiger partial charge in [0.2, 0.25) is 0 Å². The van der Waals surface area contributed by atoms with E-state index in [1.54, 1.807) is 24.3 Å². The summed E-state index contributed by atoms with van der Waals surface area (Å²) in [6.07, 6.45) is 7.40. The molecule has 0 heterocycles. The van der Waals surface area contributed by atoms with Crippen molar-refractivity contribution < 1.29 is 14.3 Å². The summed E-state index contributed by atoms with van der Waals surface area (Å²) in [6.45, 7) is 3.57. The summed E-state index contributed by atoms with van der Waals surface area (Å²) in [5.74, 6) is 0.0516. The number of benzene rings is 2. The zero-order chi connectivity index (χ0) is 18.1. The number of carbonyl (C=O) groups excluding carboxylic acids is 2. The van der Waals surface area contributed by atoms with Gasteiger partial charge in [-0.1, -0.05) is 56.9 Å². The third kappa shape index (κ3) is 6.18. The molecule has 0 fully saturated rings. The average molecular weight is 338 g/mol. The fraction of sp³-hybridized carbons (Fsp3) is 0.364. The Morgan fingerprint density at radius 1 is 0.800 bits per heavy atom. The van der Waals surface area contributed by atoms with E-state index in [9.17, 15) is 9.59 Å². The third-order valence-electron chi connectivity index (χ3n) is 4.16. The summed E-state index contributed by atoms with van der Waals surface area (Å²) in [6, 6.07) is 14.5. The molecule has 25 heavy (non-hydrogen) atoms. The monoisotopic (exact) mass is 338 g/mol. The lowest BCUT2D eigenvalue weighted by Crippen LogP contribution is -2.03. The van der Waals surface area contributed by atoms with Crippen LogP contribution in [0.25, 0.3) is 0 Å². The Bertz CT molecular complexity index is 684. The largest absolute Gasteiger partial charge is 0.427 e. The van der Waals surface area contributed by atoms with Crippen LogP contribution >= 0.6 is 0 Å². The number of ketones is 1. The van der Waals surface area contributed by atoms with Crippen LogP contribution in [0.2, 0.25) is 0 Å². The molecule has 0 N–H and O–H groups in total. The summed E-state index contributed by atoms with van der Waals surface area (Å²) in [4.78, 5) is 23.4. The lowest BCUT2D eigenvalue weighted by molar-refractivity contribution is -0.131. The Morgan fingerprint density at radius 2 is 1.36 bits per heavy atom. The van der Waals surface area contributed by atoms with Gasteiger partial charge in [0.05, 0.1) is 0 Å². The number of unbranched alkanes of at least 4 members (excludes halogenated alkanes) is 4. The van der Waals surface area contributed by atoms with Crippen molar-refractivity contribution in [3.8, 4) is 5.75 Å². The first-order valence-electron chi connectivity index (χ1n) is 9.02. The van der Waals surface area contributed by atoms with Gasteiger partial charge in [0.25, 0.3) is 0 Å². The first-order valence-corrected chi connectivity index (χ1v) is 9.02. The standard InChI is InChI=1S/C22H26O3/c1-3-4-5-6-7-8-18-9-11-19(12-10-18)22(24)20-13-15-21(16-14-20)25-17(2)23/h9-16H,3-8H2,1-2H3. The molecule has 0 spiro atoms. The van der Waals surface area contributed by atoms with E-state index in [0.717, 1.165) is 6.42 Å². The number of hydrogen-bond donors (Lipinski definition) is 0. The topological polar surface area (TPSA) is 43.4 Å². The number of carbonyl (C=O) groups is 2. The van der Waals surface area contributed by atoms with E-state index in [4.69, 9.17) is 4.74 Å². The van der Waals surface area contributed by atoms with Crippen LogP contribution in [0.5, 0.6) is 5.75 Å². The van der Waals surface area contributed by atoms with Gasteiger partial charge in [0.15, 0.2) is 5.78 Å². The van der Waals surface area contributed by atoms with Crippen LogP contribution in [0.15, 0.2) is 48.5 Å². The van der Waals surface area contributed by atoms with Gasteiger partial charge in [-0.2, -0.15) is 0 Å². The molecule has 0 aliphatic heterocycles. The normalized spacial score (nSPS) is 10.5.